The molecule has 0 aliphatic rings. The van der Waals surface area contributed by atoms with Crippen molar-refractivity contribution >= 4 is 15.7 Å². The van der Waals surface area contributed by atoms with Crippen LogP contribution in [0.25, 0.3) is 0 Å². The predicted octanol–water partition coefficient (Wildman–Crippen LogP) is 1.32. The second kappa shape index (κ2) is 5.64. The van der Waals surface area contributed by atoms with E-state index < -0.39 is 33.8 Å². The van der Waals surface area contributed by atoms with Crippen molar-refractivity contribution in [2.45, 2.75) is 17.2 Å². The highest BCUT2D eigenvalue weighted by atomic mass is 32.2. The van der Waals surface area contributed by atoms with E-state index in [-0.39, 0.29) is 11.3 Å². The predicted molar refractivity (Wildman–Crippen MR) is 61.7 cm³/mol. The van der Waals surface area contributed by atoms with Crippen LogP contribution in [0.4, 0.5) is 23.2 Å². The number of hydrogen-bond donors (Lipinski definition) is 2. The minimum absolute atomic E-state index is 0.0689. The van der Waals surface area contributed by atoms with Gasteiger partial charge in [0.15, 0.2) is 0 Å². The molecule has 0 atom stereocenters. The number of alkyl halides is 4. The Hall–Kier alpha value is -1.86. The van der Waals surface area contributed by atoms with Gasteiger partial charge in [-0.05, 0) is 18.2 Å². The number of nitriles is 1. The molecule has 0 spiro atoms. The van der Waals surface area contributed by atoms with Crippen molar-refractivity contribution in [1.82, 2.24) is 4.72 Å². The monoisotopic (exact) mass is 311 g/mol. The van der Waals surface area contributed by atoms with Gasteiger partial charge >= 0.3 is 12.3 Å². The van der Waals surface area contributed by atoms with E-state index in [4.69, 9.17) is 11.0 Å². The lowest BCUT2D eigenvalue weighted by Crippen LogP contribution is -2.41. The molecule has 0 heterocycles. The highest BCUT2D eigenvalue weighted by Crippen LogP contribution is 2.24. The van der Waals surface area contributed by atoms with Crippen molar-refractivity contribution < 1.29 is 26.0 Å². The van der Waals surface area contributed by atoms with Crippen molar-refractivity contribution in [3.8, 4) is 6.07 Å². The van der Waals surface area contributed by atoms with E-state index in [1.807, 2.05) is 0 Å². The summed E-state index contributed by atoms with van der Waals surface area (Å²) in [7, 11) is -4.48. The Kier molecular flexibility index (Phi) is 4.57. The topological polar surface area (TPSA) is 96.0 Å². The second-order valence-corrected chi connectivity index (χ2v) is 5.49. The van der Waals surface area contributed by atoms with Crippen molar-refractivity contribution in [2.75, 3.05) is 12.3 Å². The van der Waals surface area contributed by atoms with Gasteiger partial charge in [-0.25, -0.2) is 21.9 Å². The molecule has 1 aromatic rings. The molecule has 0 amide bonds. The van der Waals surface area contributed by atoms with Gasteiger partial charge in [0, 0.05) is 0 Å². The van der Waals surface area contributed by atoms with Crippen LogP contribution in [0.15, 0.2) is 23.1 Å². The zero-order chi connectivity index (χ0) is 15.6. The van der Waals surface area contributed by atoms with E-state index in [1.165, 1.54) is 4.72 Å². The number of halogens is 4. The minimum Gasteiger partial charge on any atom is -0.398 e. The molecule has 1 aromatic carbocycles. The molecule has 0 unspecified atom stereocenters. The van der Waals surface area contributed by atoms with E-state index in [2.05, 4.69) is 0 Å². The van der Waals surface area contributed by atoms with Crippen LogP contribution in [0.2, 0.25) is 0 Å². The summed E-state index contributed by atoms with van der Waals surface area (Å²) < 4.78 is 73.9. The zero-order valence-corrected chi connectivity index (χ0v) is 10.6. The Morgan fingerprint density at radius 2 is 2.00 bits per heavy atom. The second-order valence-electron chi connectivity index (χ2n) is 3.75. The number of nitrogens with two attached hydrogens (primary N) is 1. The number of hydrogen-bond acceptors (Lipinski definition) is 4. The highest BCUT2D eigenvalue weighted by Gasteiger charge is 2.41. The van der Waals surface area contributed by atoms with Crippen molar-refractivity contribution in [3.05, 3.63) is 23.8 Å². The maximum atomic E-state index is 12.7. The molecule has 1 rings (SSSR count). The van der Waals surface area contributed by atoms with Crippen LogP contribution in [-0.4, -0.2) is 27.3 Å². The van der Waals surface area contributed by atoms with Gasteiger partial charge in [-0.3, -0.25) is 0 Å². The average molecular weight is 311 g/mol. The Morgan fingerprint density at radius 1 is 1.40 bits per heavy atom. The number of anilines is 1. The fraction of sp³-hybridized carbons (Fsp3) is 0.300. The Bertz CT molecular complexity index is 640. The summed E-state index contributed by atoms with van der Waals surface area (Å²) in [5, 5.41) is 8.57. The maximum Gasteiger partial charge on any atom is 0.320 e. The van der Waals surface area contributed by atoms with Gasteiger partial charge in [0.05, 0.1) is 23.9 Å². The van der Waals surface area contributed by atoms with E-state index in [1.54, 1.807) is 6.07 Å². The quantitative estimate of drug-likeness (QED) is 0.633. The van der Waals surface area contributed by atoms with Crippen LogP contribution >= 0.6 is 0 Å². The van der Waals surface area contributed by atoms with Gasteiger partial charge in [0.2, 0.25) is 10.0 Å². The standard InChI is InChI=1S/C10H9F4N3O2S/c11-9(12)10(13,14)5-17-20(18,19)8-2-1-6(4-15)3-7(8)16/h1-3,9,17H,5,16H2. The third-order valence-corrected chi connectivity index (χ3v) is 3.72. The summed E-state index contributed by atoms with van der Waals surface area (Å²) in [6.45, 7) is -1.76. The summed E-state index contributed by atoms with van der Waals surface area (Å²) in [4.78, 5) is -0.568. The van der Waals surface area contributed by atoms with Gasteiger partial charge in [0.1, 0.15) is 4.90 Å². The molecule has 0 radical (unpaired) electrons. The van der Waals surface area contributed by atoms with Crippen molar-refractivity contribution in [1.29, 1.82) is 5.26 Å². The molecule has 0 saturated heterocycles. The molecule has 3 N–H and O–H groups in total. The summed E-state index contributed by atoms with van der Waals surface area (Å²) >= 11 is 0. The number of sulfonamides is 1. The van der Waals surface area contributed by atoms with E-state index in [0.29, 0.717) is 0 Å². The fourth-order valence-electron chi connectivity index (χ4n) is 1.21. The van der Waals surface area contributed by atoms with Crippen LogP contribution in [0.3, 0.4) is 0 Å². The van der Waals surface area contributed by atoms with Gasteiger partial charge in [-0.15, -0.1) is 0 Å². The first-order valence-electron chi connectivity index (χ1n) is 5.05. The summed E-state index contributed by atoms with van der Waals surface area (Å²) in [5.41, 5.74) is 5.10. The number of rotatable bonds is 5. The van der Waals surface area contributed by atoms with E-state index >= 15 is 0 Å². The molecular weight excluding hydrogens is 302 g/mol. The Morgan fingerprint density at radius 3 is 2.45 bits per heavy atom. The van der Waals surface area contributed by atoms with Gasteiger partial charge in [0.25, 0.3) is 0 Å². The summed E-state index contributed by atoms with van der Waals surface area (Å²) in [6, 6.07) is 4.77. The van der Waals surface area contributed by atoms with Gasteiger partial charge in [-0.1, -0.05) is 0 Å². The van der Waals surface area contributed by atoms with E-state index in [9.17, 15) is 26.0 Å². The zero-order valence-electron chi connectivity index (χ0n) is 9.78. The maximum absolute atomic E-state index is 12.7. The molecule has 110 valence electrons. The van der Waals surface area contributed by atoms with Crippen LogP contribution in [0.5, 0.6) is 0 Å². The molecule has 0 aliphatic heterocycles. The molecule has 0 fully saturated rings. The smallest absolute Gasteiger partial charge is 0.320 e. The first-order chi connectivity index (χ1) is 9.10. The molecule has 5 nitrogen and oxygen atoms in total. The molecule has 0 aliphatic carbocycles. The number of nitrogens with one attached hydrogen (secondary N) is 1. The lowest BCUT2D eigenvalue weighted by Gasteiger charge is -2.16. The first kappa shape index (κ1) is 16.2. The van der Waals surface area contributed by atoms with Crippen LogP contribution < -0.4 is 10.5 Å². The summed E-state index contributed by atoms with van der Waals surface area (Å²) in [6.07, 6.45) is -4.00. The van der Waals surface area contributed by atoms with Crippen LogP contribution in [0.1, 0.15) is 5.56 Å². The van der Waals surface area contributed by atoms with E-state index in [0.717, 1.165) is 18.2 Å². The summed E-state index contributed by atoms with van der Waals surface area (Å²) in [5.74, 6) is -4.49. The third-order valence-electron chi connectivity index (χ3n) is 2.25. The lowest BCUT2D eigenvalue weighted by atomic mass is 10.2. The molecule has 10 heteroatoms. The fourth-order valence-corrected chi connectivity index (χ4v) is 2.36. The van der Waals surface area contributed by atoms with Crippen molar-refractivity contribution in [2.24, 2.45) is 0 Å². The Balaban J connectivity index is 2.99. The molecule has 0 saturated carbocycles. The third kappa shape index (κ3) is 3.58. The minimum atomic E-state index is -4.49. The molecule has 0 bridgehead atoms. The van der Waals surface area contributed by atoms with Gasteiger partial charge in [-0.2, -0.15) is 14.0 Å². The van der Waals surface area contributed by atoms with Gasteiger partial charge < -0.3 is 5.73 Å². The van der Waals surface area contributed by atoms with Crippen LogP contribution in [-0.2, 0) is 10.0 Å². The average Bonchev–Trinajstić information content (AvgIpc) is 2.36. The molecular formula is C10H9F4N3O2S. The normalized spacial score (nSPS) is 12.4. The van der Waals surface area contributed by atoms with Crippen molar-refractivity contribution in [3.63, 3.8) is 0 Å². The molecule has 20 heavy (non-hydrogen) atoms. The lowest BCUT2D eigenvalue weighted by molar-refractivity contribution is -0.122. The highest BCUT2D eigenvalue weighted by molar-refractivity contribution is 7.89. The number of nitrogens with zero attached hydrogens (tertiary/aromatic N) is 1. The van der Waals surface area contributed by atoms with Crippen LogP contribution in [0, 0.1) is 11.3 Å². The first-order valence-corrected chi connectivity index (χ1v) is 6.54. The largest absolute Gasteiger partial charge is 0.398 e. The number of nitrogen functional groups attached to an aromatic ring is 1. The number of benzene rings is 1. The SMILES string of the molecule is N#Cc1ccc(S(=O)(=O)NCC(F)(F)C(F)F)c(N)c1. The Labute approximate surface area is 112 Å². The molecule has 0 aromatic heterocycles.